The van der Waals surface area contributed by atoms with E-state index in [9.17, 15) is 0 Å². The molecule has 0 unspecified atom stereocenters. The molecule has 1 aromatic carbocycles. The van der Waals surface area contributed by atoms with E-state index in [2.05, 4.69) is 26.2 Å². The summed E-state index contributed by atoms with van der Waals surface area (Å²) < 4.78 is 13.6. The number of rotatable bonds is 7. The van der Waals surface area contributed by atoms with Crippen molar-refractivity contribution in [2.24, 2.45) is 7.05 Å². The molecule has 0 spiro atoms. The molecule has 1 aromatic heterocycles. The number of ether oxygens (including phenoxy) is 2. The Morgan fingerprint density at radius 1 is 1.24 bits per heavy atom. The highest BCUT2D eigenvalue weighted by Crippen LogP contribution is 2.33. The minimum absolute atomic E-state index is 0.723. The average Bonchev–Trinajstić information content (AvgIpc) is 2.89. The van der Waals surface area contributed by atoms with Crippen LogP contribution < -0.4 is 14.8 Å². The molecule has 0 saturated heterocycles. The van der Waals surface area contributed by atoms with Crippen molar-refractivity contribution in [1.82, 2.24) is 14.9 Å². The van der Waals surface area contributed by atoms with Gasteiger partial charge in [-0.15, -0.1) is 0 Å². The maximum absolute atomic E-state index is 5.33. The number of methoxy groups -OCH3 is 2. The van der Waals surface area contributed by atoms with Crippen LogP contribution in [0.4, 0.5) is 0 Å². The number of aromatic nitrogens is 2. The lowest BCUT2D eigenvalue weighted by molar-refractivity contribution is 0.354. The zero-order valence-corrected chi connectivity index (χ0v) is 14.1. The zero-order valence-electron chi connectivity index (χ0n) is 12.5. The lowest BCUT2D eigenvalue weighted by Gasteiger charge is -2.12. The Bertz CT molecular complexity index is 599. The molecule has 0 amide bonds. The predicted molar refractivity (Wildman–Crippen MR) is 85.9 cm³/mol. The first-order valence-electron chi connectivity index (χ1n) is 6.73. The number of nitrogens with one attached hydrogen (secondary N) is 1. The summed E-state index contributed by atoms with van der Waals surface area (Å²) in [7, 11) is 5.28. The van der Waals surface area contributed by atoms with E-state index in [0.29, 0.717) is 0 Å². The first-order valence-corrected chi connectivity index (χ1v) is 7.52. The van der Waals surface area contributed by atoms with Gasteiger partial charge in [-0.2, -0.15) is 0 Å². The van der Waals surface area contributed by atoms with Crippen LogP contribution in [0.5, 0.6) is 11.5 Å². The Labute approximate surface area is 133 Å². The third-order valence-electron chi connectivity index (χ3n) is 3.31. The summed E-state index contributed by atoms with van der Waals surface area (Å²) >= 11 is 3.56. The highest BCUT2D eigenvalue weighted by Gasteiger charge is 2.09. The predicted octanol–water partition coefficient (Wildman–Crippen LogP) is 2.53. The van der Waals surface area contributed by atoms with Crippen molar-refractivity contribution >= 4 is 15.9 Å². The van der Waals surface area contributed by atoms with Crippen LogP contribution in [0.15, 0.2) is 29.0 Å². The van der Waals surface area contributed by atoms with E-state index in [0.717, 1.165) is 46.9 Å². The first-order chi connectivity index (χ1) is 10.2. The van der Waals surface area contributed by atoms with E-state index in [4.69, 9.17) is 9.47 Å². The van der Waals surface area contributed by atoms with E-state index in [1.165, 1.54) is 0 Å². The normalized spacial score (nSPS) is 10.7. The standard InChI is InChI=1S/C15H20BrN3O2/c1-19-7-6-18-15(19)4-5-17-10-11-8-13(20-2)14(21-3)9-12(11)16/h6-9,17H,4-5,10H2,1-3H3. The molecule has 0 radical (unpaired) electrons. The fourth-order valence-corrected chi connectivity index (χ4v) is 2.55. The molecule has 0 aliphatic heterocycles. The summed E-state index contributed by atoms with van der Waals surface area (Å²) in [5, 5.41) is 3.42. The highest BCUT2D eigenvalue weighted by molar-refractivity contribution is 9.10. The van der Waals surface area contributed by atoms with Crippen LogP contribution in [0.3, 0.4) is 0 Å². The second kappa shape index (κ2) is 7.47. The van der Waals surface area contributed by atoms with E-state index >= 15 is 0 Å². The molecule has 2 aromatic rings. The molecule has 0 bridgehead atoms. The molecule has 0 fully saturated rings. The maximum Gasteiger partial charge on any atom is 0.161 e. The molecule has 5 nitrogen and oxygen atoms in total. The van der Waals surface area contributed by atoms with E-state index in [-0.39, 0.29) is 0 Å². The number of hydrogen-bond donors (Lipinski definition) is 1. The van der Waals surface area contributed by atoms with Gasteiger partial charge < -0.3 is 19.4 Å². The molecule has 21 heavy (non-hydrogen) atoms. The fourth-order valence-electron chi connectivity index (χ4n) is 2.09. The van der Waals surface area contributed by atoms with Gasteiger partial charge in [0.25, 0.3) is 0 Å². The van der Waals surface area contributed by atoms with Crippen molar-refractivity contribution in [1.29, 1.82) is 0 Å². The first kappa shape index (κ1) is 15.9. The quantitative estimate of drug-likeness (QED) is 0.777. The van der Waals surface area contributed by atoms with Gasteiger partial charge in [-0.3, -0.25) is 0 Å². The molecule has 0 saturated carbocycles. The summed E-state index contributed by atoms with van der Waals surface area (Å²) in [6, 6.07) is 3.91. The maximum atomic E-state index is 5.33. The van der Waals surface area contributed by atoms with Crippen LogP contribution in [-0.4, -0.2) is 30.3 Å². The molecule has 1 N–H and O–H groups in total. The van der Waals surface area contributed by atoms with Gasteiger partial charge in [0.1, 0.15) is 5.82 Å². The number of benzene rings is 1. The van der Waals surface area contributed by atoms with Gasteiger partial charge >= 0.3 is 0 Å². The Morgan fingerprint density at radius 2 is 1.95 bits per heavy atom. The van der Waals surface area contributed by atoms with E-state index in [1.807, 2.05) is 36.1 Å². The SMILES string of the molecule is COc1cc(Br)c(CNCCc2nccn2C)cc1OC. The molecule has 2 rings (SSSR count). The Morgan fingerprint density at radius 3 is 2.57 bits per heavy atom. The van der Waals surface area contributed by atoms with Gasteiger partial charge in [0.15, 0.2) is 11.5 Å². The summed E-state index contributed by atoms with van der Waals surface area (Å²) in [6.45, 7) is 1.62. The van der Waals surface area contributed by atoms with Gasteiger partial charge in [-0.25, -0.2) is 4.98 Å². The number of nitrogens with zero attached hydrogens (tertiary/aromatic N) is 2. The number of imidazole rings is 1. The topological polar surface area (TPSA) is 48.3 Å². The molecule has 114 valence electrons. The highest BCUT2D eigenvalue weighted by atomic mass is 79.9. The van der Waals surface area contributed by atoms with E-state index in [1.54, 1.807) is 14.2 Å². The fraction of sp³-hybridized carbons (Fsp3) is 0.400. The second-order valence-corrected chi connectivity index (χ2v) is 5.53. The van der Waals surface area contributed by atoms with Crippen LogP contribution in [0.1, 0.15) is 11.4 Å². The van der Waals surface area contributed by atoms with Crippen LogP contribution >= 0.6 is 15.9 Å². The van der Waals surface area contributed by atoms with Gasteiger partial charge in [-0.1, -0.05) is 15.9 Å². The second-order valence-electron chi connectivity index (χ2n) is 4.68. The Kier molecular flexibility index (Phi) is 5.64. The molecule has 0 atom stereocenters. The number of halogens is 1. The summed E-state index contributed by atoms with van der Waals surface area (Å²) in [5.41, 5.74) is 1.13. The molecular formula is C15H20BrN3O2. The number of hydrogen-bond acceptors (Lipinski definition) is 4. The minimum atomic E-state index is 0.723. The molecule has 0 aliphatic carbocycles. The zero-order chi connectivity index (χ0) is 15.2. The Hall–Kier alpha value is -1.53. The van der Waals surface area contributed by atoms with Crippen molar-refractivity contribution in [2.45, 2.75) is 13.0 Å². The van der Waals surface area contributed by atoms with Crippen molar-refractivity contribution in [3.05, 3.63) is 40.4 Å². The number of aryl methyl sites for hydroxylation is 1. The summed E-state index contributed by atoms with van der Waals surface area (Å²) in [5.74, 6) is 2.54. The average molecular weight is 354 g/mol. The molecule has 6 heteroatoms. The van der Waals surface area contributed by atoms with Crippen LogP contribution in [-0.2, 0) is 20.0 Å². The lowest BCUT2D eigenvalue weighted by Crippen LogP contribution is -2.18. The molecular weight excluding hydrogens is 334 g/mol. The van der Waals surface area contributed by atoms with Crippen molar-refractivity contribution in [3.63, 3.8) is 0 Å². The van der Waals surface area contributed by atoms with Crippen molar-refractivity contribution in [2.75, 3.05) is 20.8 Å². The smallest absolute Gasteiger partial charge is 0.161 e. The van der Waals surface area contributed by atoms with Crippen molar-refractivity contribution in [3.8, 4) is 11.5 Å². The third-order valence-corrected chi connectivity index (χ3v) is 4.05. The van der Waals surface area contributed by atoms with E-state index < -0.39 is 0 Å². The van der Waals surface area contributed by atoms with Gasteiger partial charge in [-0.05, 0) is 17.7 Å². The monoisotopic (exact) mass is 353 g/mol. The molecule has 1 heterocycles. The third kappa shape index (κ3) is 3.98. The van der Waals surface area contributed by atoms with Crippen molar-refractivity contribution < 1.29 is 9.47 Å². The molecule has 0 aliphatic rings. The van der Waals surface area contributed by atoms with Gasteiger partial charge in [0, 0.05) is 43.4 Å². The van der Waals surface area contributed by atoms with Gasteiger partial charge in [0.05, 0.1) is 14.2 Å². The summed E-state index contributed by atoms with van der Waals surface area (Å²) in [6.07, 6.45) is 4.68. The minimum Gasteiger partial charge on any atom is -0.493 e. The largest absolute Gasteiger partial charge is 0.493 e. The summed E-state index contributed by atoms with van der Waals surface area (Å²) in [4.78, 5) is 4.31. The van der Waals surface area contributed by atoms with Gasteiger partial charge in [0.2, 0.25) is 0 Å². The van der Waals surface area contributed by atoms with Crippen LogP contribution in [0.25, 0.3) is 0 Å². The Balaban J connectivity index is 1.92. The van der Waals surface area contributed by atoms with Crippen LogP contribution in [0.2, 0.25) is 0 Å². The lowest BCUT2D eigenvalue weighted by atomic mass is 10.2. The van der Waals surface area contributed by atoms with Crippen LogP contribution in [0, 0.1) is 0 Å².